The molecule has 5 heteroatoms. The zero-order chi connectivity index (χ0) is 17.6. The van der Waals surface area contributed by atoms with Crippen molar-refractivity contribution in [3.05, 3.63) is 65.2 Å². The Balaban J connectivity index is 1.64. The van der Waals surface area contributed by atoms with Crippen molar-refractivity contribution in [3.63, 3.8) is 0 Å². The van der Waals surface area contributed by atoms with Gasteiger partial charge in [-0.2, -0.15) is 0 Å². The van der Waals surface area contributed by atoms with Crippen LogP contribution in [-0.4, -0.2) is 34.0 Å². The van der Waals surface area contributed by atoms with Crippen LogP contribution in [0.1, 0.15) is 42.1 Å². The second-order valence-electron chi connectivity index (χ2n) is 6.65. The number of aliphatic carboxylic acids is 1. The second kappa shape index (κ2) is 8.21. The summed E-state index contributed by atoms with van der Waals surface area (Å²) >= 11 is 0. The normalized spacial score (nSPS) is 18.2. The molecule has 3 rings (SSSR count). The lowest BCUT2D eigenvalue weighted by Crippen LogP contribution is -2.34. The minimum absolute atomic E-state index is 0.104. The quantitative estimate of drug-likeness (QED) is 0.871. The fraction of sp³-hybridized carbons (Fsp3) is 0.400. The SMILES string of the molecule is O=C(O)CCc1cccc([C@@H]2CCCN(Cc3cccc(F)c3)C2)n1. The van der Waals surface area contributed by atoms with Crippen LogP contribution in [-0.2, 0) is 17.8 Å². The Bertz CT molecular complexity index is 735. The van der Waals surface area contributed by atoms with Crippen LogP contribution in [0.2, 0.25) is 0 Å². The van der Waals surface area contributed by atoms with Crippen molar-refractivity contribution in [1.82, 2.24) is 9.88 Å². The summed E-state index contributed by atoms with van der Waals surface area (Å²) in [6.45, 7) is 2.64. The maximum atomic E-state index is 13.4. The minimum atomic E-state index is -0.800. The number of nitrogens with zero attached hydrogens (tertiary/aromatic N) is 2. The van der Waals surface area contributed by atoms with Crippen LogP contribution in [0.25, 0.3) is 0 Å². The Hall–Kier alpha value is -2.27. The van der Waals surface area contributed by atoms with Crippen LogP contribution < -0.4 is 0 Å². The molecule has 1 aliphatic heterocycles. The van der Waals surface area contributed by atoms with Crippen molar-refractivity contribution in [2.24, 2.45) is 0 Å². The van der Waals surface area contributed by atoms with Crippen LogP contribution >= 0.6 is 0 Å². The molecule has 1 saturated heterocycles. The fourth-order valence-electron chi connectivity index (χ4n) is 3.43. The summed E-state index contributed by atoms with van der Waals surface area (Å²) in [7, 11) is 0. The highest BCUT2D eigenvalue weighted by molar-refractivity contribution is 5.66. The van der Waals surface area contributed by atoms with Crippen LogP contribution in [0.15, 0.2) is 42.5 Å². The minimum Gasteiger partial charge on any atom is -0.481 e. The van der Waals surface area contributed by atoms with Crippen LogP contribution in [0.3, 0.4) is 0 Å². The molecule has 0 bridgehead atoms. The molecule has 1 atom stereocenters. The Labute approximate surface area is 147 Å². The number of halogens is 1. The van der Waals surface area contributed by atoms with Gasteiger partial charge in [-0.3, -0.25) is 14.7 Å². The summed E-state index contributed by atoms with van der Waals surface area (Å²) in [6.07, 6.45) is 2.73. The molecule has 132 valence electrons. The maximum absolute atomic E-state index is 13.4. The number of likely N-dealkylation sites (tertiary alicyclic amines) is 1. The van der Waals surface area contributed by atoms with E-state index in [9.17, 15) is 9.18 Å². The van der Waals surface area contributed by atoms with Crippen LogP contribution in [0.5, 0.6) is 0 Å². The third-order valence-corrected chi connectivity index (χ3v) is 4.64. The lowest BCUT2D eigenvalue weighted by atomic mass is 9.93. The Morgan fingerprint density at radius 3 is 2.92 bits per heavy atom. The van der Waals surface area contributed by atoms with Crippen molar-refractivity contribution in [2.45, 2.75) is 38.1 Å². The number of aryl methyl sites for hydroxylation is 1. The number of aromatic nitrogens is 1. The predicted molar refractivity (Wildman–Crippen MR) is 93.8 cm³/mol. The first-order valence-electron chi connectivity index (χ1n) is 8.74. The highest BCUT2D eigenvalue weighted by atomic mass is 19.1. The molecule has 0 aliphatic carbocycles. The van der Waals surface area contributed by atoms with E-state index in [0.717, 1.165) is 49.4 Å². The average Bonchev–Trinajstić information content (AvgIpc) is 2.60. The molecule has 0 amide bonds. The fourth-order valence-corrected chi connectivity index (χ4v) is 3.43. The molecule has 2 heterocycles. The van der Waals surface area contributed by atoms with E-state index in [1.807, 2.05) is 24.3 Å². The van der Waals surface area contributed by atoms with E-state index < -0.39 is 5.97 Å². The lowest BCUT2D eigenvalue weighted by Gasteiger charge is -2.32. The van der Waals surface area contributed by atoms with Gasteiger partial charge in [-0.05, 0) is 49.2 Å². The molecule has 25 heavy (non-hydrogen) atoms. The zero-order valence-electron chi connectivity index (χ0n) is 14.2. The molecular formula is C20H23FN2O2. The van der Waals surface area contributed by atoms with Crippen molar-refractivity contribution in [1.29, 1.82) is 0 Å². The molecule has 2 aromatic rings. The molecular weight excluding hydrogens is 319 g/mol. The number of carbonyl (C=O) groups is 1. The summed E-state index contributed by atoms with van der Waals surface area (Å²) in [5, 5.41) is 8.83. The van der Waals surface area contributed by atoms with Gasteiger partial charge in [-0.15, -0.1) is 0 Å². The van der Waals surface area contributed by atoms with Gasteiger partial charge in [-0.25, -0.2) is 4.39 Å². The maximum Gasteiger partial charge on any atom is 0.303 e. The number of hydrogen-bond acceptors (Lipinski definition) is 3. The molecule has 1 N–H and O–H groups in total. The summed E-state index contributed by atoms with van der Waals surface area (Å²) in [5.41, 5.74) is 2.86. The number of rotatable bonds is 6. The molecule has 0 saturated carbocycles. The Morgan fingerprint density at radius 2 is 2.12 bits per heavy atom. The van der Waals surface area contributed by atoms with Gasteiger partial charge in [-0.1, -0.05) is 18.2 Å². The number of hydrogen-bond donors (Lipinski definition) is 1. The first kappa shape index (κ1) is 17.5. The van der Waals surface area contributed by atoms with E-state index in [4.69, 9.17) is 5.11 Å². The smallest absolute Gasteiger partial charge is 0.303 e. The molecule has 0 spiro atoms. The largest absolute Gasteiger partial charge is 0.481 e. The number of carboxylic acid groups (broad SMARTS) is 1. The standard InChI is InChI=1S/C20H23FN2O2/c21-17-6-1-4-15(12-17)13-23-11-3-5-16(14-23)19-8-2-7-18(22-19)9-10-20(24)25/h1-2,4,6-8,12,16H,3,5,9-11,13-14H2,(H,24,25)/t16-/m1/s1. The molecule has 0 unspecified atom stereocenters. The predicted octanol–water partition coefficient (Wildman–Crippen LogP) is 3.62. The van der Waals surface area contributed by atoms with Gasteiger partial charge in [0.15, 0.2) is 0 Å². The van der Waals surface area contributed by atoms with E-state index in [2.05, 4.69) is 9.88 Å². The van der Waals surface area contributed by atoms with E-state index in [1.165, 1.54) is 6.07 Å². The van der Waals surface area contributed by atoms with Gasteiger partial charge in [0.25, 0.3) is 0 Å². The third-order valence-electron chi connectivity index (χ3n) is 4.64. The van der Waals surface area contributed by atoms with Crippen molar-refractivity contribution in [2.75, 3.05) is 13.1 Å². The van der Waals surface area contributed by atoms with Crippen molar-refractivity contribution < 1.29 is 14.3 Å². The van der Waals surface area contributed by atoms with E-state index in [-0.39, 0.29) is 12.2 Å². The van der Waals surface area contributed by atoms with Crippen molar-refractivity contribution >= 4 is 5.97 Å². The summed E-state index contributed by atoms with van der Waals surface area (Å²) < 4.78 is 13.4. The summed E-state index contributed by atoms with van der Waals surface area (Å²) in [6, 6.07) is 12.6. The van der Waals surface area contributed by atoms with E-state index in [0.29, 0.717) is 12.3 Å². The summed E-state index contributed by atoms with van der Waals surface area (Å²) in [5.74, 6) is -0.655. The first-order chi connectivity index (χ1) is 12.1. The van der Waals surface area contributed by atoms with Gasteiger partial charge >= 0.3 is 5.97 Å². The molecule has 0 radical (unpaired) electrons. The molecule has 1 aliphatic rings. The van der Waals surface area contributed by atoms with Gasteiger partial charge < -0.3 is 5.11 Å². The van der Waals surface area contributed by atoms with E-state index in [1.54, 1.807) is 12.1 Å². The van der Waals surface area contributed by atoms with Gasteiger partial charge in [0.05, 0.1) is 6.42 Å². The average molecular weight is 342 g/mol. The Morgan fingerprint density at radius 1 is 1.28 bits per heavy atom. The number of carboxylic acids is 1. The molecule has 1 aromatic heterocycles. The second-order valence-corrected chi connectivity index (χ2v) is 6.65. The monoisotopic (exact) mass is 342 g/mol. The van der Waals surface area contributed by atoms with Gasteiger partial charge in [0.2, 0.25) is 0 Å². The Kier molecular flexibility index (Phi) is 5.76. The molecule has 4 nitrogen and oxygen atoms in total. The summed E-state index contributed by atoms with van der Waals surface area (Å²) in [4.78, 5) is 17.8. The lowest BCUT2D eigenvalue weighted by molar-refractivity contribution is -0.136. The highest BCUT2D eigenvalue weighted by Gasteiger charge is 2.22. The zero-order valence-corrected chi connectivity index (χ0v) is 14.2. The van der Waals surface area contributed by atoms with Gasteiger partial charge in [0.1, 0.15) is 5.82 Å². The third kappa shape index (κ3) is 5.10. The van der Waals surface area contributed by atoms with Gasteiger partial charge in [0, 0.05) is 36.8 Å². The molecule has 1 aromatic carbocycles. The first-order valence-corrected chi connectivity index (χ1v) is 8.74. The molecule has 1 fully saturated rings. The number of piperidine rings is 1. The van der Waals surface area contributed by atoms with Crippen molar-refractivity contribution in [3.8, 4) is 0 Å². The topological polar surface area (TPSA) is 53.4 Å². The van der Waals surface area contributed by atoms with Crippen LogP contribution in [0.4, 0.5) is 4.39 Å². The van der Waals surface area contributed by atoms with Crippen LogP contribution in [0, 0.1) is 5.82 Å². The highest BCUT2D eigenvalue weighted by Crippen LogP contribution is 2.27. The number of benzene rings is 1. The van der Waals surface area contributed by atoms with E-state index >= 15 is 0 Å². The number of pyridine rings is 1.